The number of anilines is 1. The van der Waals surface area contributed by atoms with E-state index in [1.54, 1.807) is 6.07 Å². The highest BCUT2D eigenvalue weighted by Crippen LogP contribution is 2.35. The van der Waals surface area contributed by atoms with Gasteiger partial charge in [-0.15, -0.1) is 0 Å². The molecule has 1 aromatic heterocycles. The van der Waals surface area contributed by atoms with Crippen molar-refractivity contribution in [3.8, 4) is 0 Å². The summed E-state index contributed by atoms with van der Waals surface area (Å²) in [6.45, 7) is 4.48. The largest absolute Gasteiger partial charge is 0.348 e. The predicted molar refractivity (Wildman–Crippen MR) is 106 cm³/mol. The molecule has 0 unspecified atom stereocenters. The van der Waals surface area contributed by atoms with Crippen LogP contribution in [-0.2, 0) is 6.54 Å². The van der Waals surface area contributed by atoms with E-state index in [9.17, 15) is 4.79 Å². The average molecular weight is 374 g/mol. The molecule has 6 heteroatoms. The molecule has 0 aliphatic carbocycles. The summed E-state index contributed by atoms with van der Waals surface area (Å²) in [5.41, 5.74) is 3.19. The molecule has 1 N–H and O–H groups in total. The lowest BCUT2D eigenvalue weighted by Crippen LogP contribution is -2.50. The number of nitrogens with zero attached hydrogens (tertiary/aromatic N) is 2. The van der Waals surface area contributed by atoms with E-state index in [0.29, 0.717) is 11.8 Å². The molecule has 4 rings (SSSR count). The van der Waals surface area contributed by atoms with Gasteiger partial charge in [0.05, 0.1) is 0 Å². The standard InChI is InChI=1S/C19H20ClN3OS/c1-12-15(20)4-2-5-16(12)21-19(25)22-9-13-8-14(11-22)17-6-3-7-18(24)23(17)10-13/h2-7,13-14H,8-11H2,1H3,(H,21,25)/t13-,14-/m1/s1. The maximum Gasteiger partial charge on any atom is 0.250 e. The Bertz CT molecular complexity index is 894. The van der Waals surface area contributed by atoms with Crippen LogP contribution >= 0.6 is 23.8 Å². The van der Waals surface area contributed by atoms with Crippen molar-refractivity contribution in [3.63, 3.8) is 0 Å². The fourth-order valence-electron chi connectivity index (χ4n) is 4.00. The van der Waals surface area contributed by atoms with Gasteiger partial charge in [0.2, 0.25) is 0 Å². The van der Waals surface area contributed by atoms with E-state index in [1.165, 1.54) is 0 Å². The first-order valence-corrected chi connectivity index (χ1v) is 9.32. The smallest absolute Gasteiger partial charge is 0.250 e. The lowest BCUT2D eigenvalue weighted by molar-refractivity contribution is 0.180. The molecule has 1 saturated heterocycles. The zero-order chi connectivity index (χ0) is 17.6. The molecule has 1 fully saturated rings. The van der Waals surface area contributed by atoms with Crippen molar-refractivity contribution >= 4 is 34.6 Å². The van der Waals surface area contributed by atoms with Crippen LogP contribution in [0.3, 0.4) is 0 Å². The molecule has 25 heavy (non-hydrogen) atoms. The van der Waals surface area contributed by atoms with Crippen LogP contribution in [0.4, 0.5) is 5.69 Å². The summed E-state index contributed by atoms with van der Waals surface area (Å²) in [6, 6.07) is 11.4. The highest BCUT2D eigenvalue weighted by molar-refractivity contribution is 7.80. The van der Waals surface area contributed by atoms with Crippen LogP contribution < -0.4 is 10.9 Å². The third-order valence-electron chi connectivity index (χ3n) is 5.28. The van der Waals surface area contributed by atoms with Crippen LogP contribution in [-0.4, -0.2) is 27.7 Å². The number of piperidine rings is 1. The van der Waals surface area contributed by atoms with Gasteiger partial charge in [-0.05, 0) is 55.2 Å². The number of fused-ring (bicyclic) bond motifs is 4. The number of aromatic nitrogens is 1. The Kier molecular flexibility index (Phi) is 4.29. The van der Waals surface area contributed by atoms with E-state index >= 15 is 0 Å². The zero-order valence-corrected chi connectivity index (χ0v) is 15.6. The van der Waals surface area contributed by atoms with E-state index < -0.39 is 0 Å². The van der Waals surface area contributed by atoms with E-state index in [-0.39, 0.29) is 5.56 Å². The van der Waals surface area contributed by atoms with Crippen LogP contribution in [0.2, 0.25) is 5.02 Å². The second-order valence-corrected chi connectivity index (χ2v) is 7.74. The lowest BCUT2D eigenvalue weighted by Gasteiger charge is -2.43. The Hall–Kier alpha value is -1.85. The highest BCUT2D eigenvalue weighted by atomic mass is 35.5. The SMILES string of the molecule is Cc1c(Cl)cccc1NC(=S)N1C[C@H]2C[C@H](C1)c1cccc(=O)n1C2. The van der Waals surface area contributed by atoms with Crippen molar-refractivity contribution in [1.29, 1.82) is 0 Å². The van der Waals surface area contributed by atoms with Crippen LogP contribution in [0.5, 0.6) is 0 Å². The van der Waals surface area contributed by atoms with Crippen molar-refractivity contribution in [2.75, 3.05) is 18.4 Å². The van der Waals surface area contributed by atoms with E-state index in [4.69, 9.17) is 23.8 Å². The molecule has 2 bridgehead atoms. The molecule has 2 aliphatic heterocycles. The van der Waals surface area contributed by atoms with Crippen molar-refractivity contribution in [1.82, 2.24) is 9.47 Å². The Balaban J connectivity index is 1.55. The van der Waals surface area contributed by atoms with Gasteiger partial charge in [0.25, 0.3) is 5.56 Å². The minimum Gasteiger partial charge on any atom is -0.348 e. The van der Waals surface area contributed by atoms with Crippen LogP contribution in [0.1, 0.15) is 23.6 Å². The minimum atomic E-state index is 0.107. The first-order valence-electron chi connectivity index (χ1n) is 8.53. The fourth-order valence-corrected chi connectivity index (χ4v) is 4.43. The number of pyridine rings is 1. The van der Waals surface area contributed by atoms with Gasteiger partial charge in [-0.2, -0.15) is 0 Å². The maximum absolute atomic E-state index is 12.1. The highest BCUT2D eigenvalue weighted by Gasteiger charge is 2.35. The second kappa shape index (κ2) is 6.46. The number of hydrogen-bond donors (Lipinski definition) is 1. The summed E-state index contributed by atoms with van der Waals surface area (Å²) in [5.74, 6) is 0.799. The number of thiocarbonyl (C=S) groups is 1. The number of likely N-dealkylation sites (tertiary alicyclic amines) is 1. The molecule has 130 valence electrons. The van der Waals surface area contributed by atoms with Crippen LogP contribution in [0.15, 0.2) is 41.2 Å². The average Bonchev–Trinajstić information content (AvgIpc) is 2.60. The Morgan fingerprint density at radius 3 is 2.84 bits per heavy atom. The van der Waals surface area contributed by atoms with Gasteiger partial charge in [0.1, 0.15) is 0 Å². The zero-order valence-electron chi connectivity index (χ0n) is 14.0. The molecule has 2 aromatic rings. The Morgan fingerprint density at radius 2 is 2.00 bits per heavy atom. The van der Waals surface area contributed by atoms with E-state index in [1.807, 2.05) is 35.8 Å². The number of benzene rings is 1. The molecular weight excluding hydrogens is 354 g/mol. The van der Waals surface area contributed by atoms with Gasteiger partial charge < -0.3 is 14.8 Å². The molecule has 0 saturated carbocycles. The van der Waals surface area contributed by atoms with Gasteiger partial charge in [-0.25, -0.2) is 0 Å². The van der Waals surface area contributed by atoms with Crippen molar-refractivity contribution in [2.24, 2.45) is 5.92 Å². The lowest BCUT2D eigenvalue weighted by atomic mass is 9.83. The summed E-state index contributed by atoms with van der Waals surface area (Å²) in [5, 5.41) is 4.81. The maximum atomic E-state index is 12.1. The van der Waals surface area contributed by atoms with Gasteiger partial charge in [-0.1, -0.05) is 23.7 Å². The summed E-state index contributed by atoms with van der Waals surface area (Å²) in [6.07, 6.45) is 1.12. The van der Waals surface area contributed by atoms with Crippen LogP contribution in [0, 0.1) is 12.8 Å². The van der Waals surface area contributed by atoms with Crippen molar-refractivity contribution in [3.05, 3.63) is 63.0 Å². The second-order valence-electron chi connectivity index (χ2n) is 6.95. The minimum absolute atomic E-state index is 0.107. The van der Waals surface area contributed by atoms with Gasteiger partial charge in [-0.3, -0.25) is 4.79 Å². The Morgan fingerprint density at radius 1 is 1.20 bits per heavy atom. The molecule has 3 heterocycles. The third kappa shape index (κ3) is 3.07. The van der Waals surface area contributed by atoms with Gasteiger partial charge >= 0.3 is 0 Å². The molecule has 2 atom stereocenters. The Labute approximate surface area is 157 Å². The number of nitrogens with one attached hydrogen (secondary N) is 1. The molecular formula is C19H20ClN3OS. The van der Waals surface area contributed by atoms with E-state index in [0.717, 1.165) is 53.1 Å². The number of hydrogen-bond acceptors (Lipinski definition) is 2. The quantitative estimate of drug-likeness (QED) is 0.774. The summed E-state index contributed by atoms with van der Waals surface area (Å²) < 4.78 is 1.94. The third-order valence-corrected chi connectivity index (χ3v) is 6.05. The molecule has 2 aliphatic rings. The molecule has 4 nitrogen and oxygen atoms in total. The molecule has 1 aromatic carbocycles. The van der Waals surface area contributed by atoms with Crippen molar-refractivity contribution < 1.29 is 0 Å². The molecule has 0 amide bonds. The van der Waals surface area contributed by atoms with Gasteiger partial charge in [0.15, 0.2) is 5.11 Å². The fraction of sp³-hybridized carbons (Fsp3) is 0.368. The van der Waals surface area contributed by atoms with E-state index in [2.05, 4.69) is 16.3 Å². The van der Waals surface area contributed by atoms with Crippen molar-refractivity contribution in [2.45, 2.75) is 25.8 Å². The summed E-state index contributed by atoms with van der Waals surface area (Å²) in [7, 11) is 0. The monoisotopic (exact) mass is 373 g/mol. The van der Waals surface area contributed by atoms with Crippen LogP contribution in [0.25, 0.3) is 0 Å². The number of halogens is 1. The summed E-state index contributed by atoms with van der Waals surface area (Å²) >= 11 is 11.9. The predicted octanol–water partition coefficient (Wildman–Crippen LogP) is 3.63. The topological polar surface area (TPSA) is 37.3 Å². The summed E-state index contributed by atoms with van der Waals surface area (Å²) in [4.78, 5) is 14.4. The molecule has 0 radical (unpaired) electrons. The van der Waals surface area contributed by atoms with Gasteiger partial charge in [0, 0.05) is 48.0 Å². The first-order chi connectivity index (χ1) is 12.0. The molecule has 0 spiro atoms. The number of rotatable bonds is 1. The normalized spacial score (nSPS) is 21.6. The first kappa shape index (κ1) is 16.6.